The Balaban J connectivity index is 1.90. The maximum Gasteiger partial charge on any atom is 0.149 e. The van der Waals surface area contributed by atoms with Gasteiger partial charge < -0.3 is 0 Å². The average molecular weight is 235 g/mol. The lowest BCUT2D eigenvalue weighted by Crippen LogP contribution is -1.95. The topological polar surface area (TPSA) is 12.9 Å². The second-order valence-electron chi connectivity index (χ2n) is 3.42. The van der Waals surface area contributed by atoms with Gasteiger partial charge in [-0.15, -0.1) is 11.3 Å². The number of hydrogen-bond acceptors (Lipinski definition) is 3. The molecule has 1 aromatic carbocycles. The van der Waals surface area contributed by atoms with Crippen LogP contribution in [0.2, 0.25) is 0 Å². The molecule has 0 radical (unpaired) electrons. The van der Waals surface area contributed by atoms with Crippen LogP contribution >= 0.6 is 23.1 Å². The van der Waals surface area contributed by atoms with Crippen molar-refractivity contribution < 1.29 is 0 Å². The van der Waals surface area contributed by atoms with E-state index >= 15 is 0 Å². The fourth-order valence-electron chi connectivity index (χ4n) is 1.36. The van der Waals surface area contributed by atoms with E-state index < -0.39 is 0 Å². The van der Waals surface area contributed by atoms with E-state index in [1.54, 1.807) is 11.3 Å². The monoisotopic (exact) mass is 235 g/mol. The van der Waals surface area contributed by atoms with E-state index in [0.29, 0.717) is 5.92 Å². The van der Waals surface area contributed by atoms with Crippen molar-refractivity contribution in [2.45, 2.75) is 17.2 Å². The number of aromatic nitrogens is 1. The van der Waals surface area contributed by atoms with Gasteiger partial charge in [0.05, 0.1) is 0 Å². The number of benzene rings is 1. The van der Waals surface area contributed by atoms with E-state index in [0.717, 1.165) is 10.1 Å². The van der Waals surface area contributed by atoms with Gasteiger partial charge in [0, 0.05) is 17.3 Å². The van der Waals surface area contributed by atoms with Crippen molar-refractivity contribution in [3.05, 3.63) is 47.5 Å². The van der Waals surface area contributed by atoms with E-state index in [1.165, 1.54) is 5.56 Å². The quantitative estimate of drug-likeness (QED) is 0.742. The first-order chi connectivity index (χ1) is 7.36. The SMILES string of the molecule is CC(CSc1nccs1)c1ccccc1. The summed E-state index contributed by atoms with van der Waals surface area (Å²) in [5.41, 5.74) is 1.40. The smallest absolute Gasteiger partial charge is 0.149 e. The fourth-order valence-corrected chi connectivity index (χ4v) is 3.08. The summed E-state index contributed by atoms with van der Waals surface area (Å²) < 4.78 is 1.16. The van der Waals surface area contributed by atoms with Gasteiger partial charge in [-0.25, -0.2) is 4.98 Å². The van der Waals surface area contributed by atoms with Crippen LogP contribution in [0.3, 0.4) is 0 Å². The first kappa shape index (κ1) is 10.7. The average Bonchev–Trinajstić information content (AvgIpc) is 2.80. The third-order valence-corrected chi connectivity index (χ3v) is 4.46. The minimum absolute atomic E-state index is 0.583. The predicted molar refractivity (Wildman–Crippen MR) is 67.7 cm³/mol. The Morgan fingerprint density at radius 2 is 2.13 bits per heavy atom. The highest BCUT2D eigenvalue weighted by molar-refractivity contribution is 8.01. The van der Waals surface area contributed by atoms with Crippen molar-refractivity contribution in [2.24, 2.45) is 0 Å². The van der Waals surface area contributed by atoms with Crippen molar-refractivity contribution in [3.8, 4) is 0 Å². The highest BCUT2D eigenvalue weighted by atomic mass is 32.2. The number of nitrogens with zero attached hydrogens (tertiary/aromatic N) is 1. The number of hydrogen-bond donors (Lipinski definition) is 0. The molecule has 0 aliphatic rings. The molecule has 0 aliphatic carbocycles. The number of thioether (sulfide) groups is 1. The number of thiazole rings is 1. The summed E-state index contributed by atoms with van der Waals surface area (Å²) in [6, 6.07) is 10.6. The van der Waals surface area contributed by atoms with Gasteiger partial charge in [0.15, 0.2) is 0 Å². The Hall–Kier alpha value is -0.800. The lowest BCUT2D eigenvalue weighted by molar-refractivity contribution is 0.880. The minimum Gasteiger partial charge on any atom is -0.238 e. The van der Waals surface area contributed by atoms with E-state index in [-0.39, 0.29) is 0 Å². The molecule has 0 fully saturated rings. The summed E-state index contributed by atoms with van der Waals surface area (Å²) in [5, 5.41) is 2.02. The first-order valence-electron chi connectivity index (χ1n) is 4.93. The Kier molecular flexibility index (Phi) is 3.80. The molecule has 1 heterocycles. The standard InChI is InChI=1S/C12H13NS2/c1-10(11-5-3-2-4-6-11)9-15-12-13-7-8-14-12/h2-8,10H,9H2,1H3. The van der Waals surface area contributed by atoms with Gasteiger partial charge in [-0.05, 0) is 11.5 Å². The fraction of sp³-hybridized carbons (Fsp3) is 0.250. The summed E-state index contributed by atoms with van der Waals surface area (Å²) in [7, 11) is 0. The van der Waals surface area contributed by atoms with Gasteiger partial charge in [0.25, 0.3) is 0 Å². The molecule has 1 atom stereocenters. The molecule has 0 saturated carbocycles. The molecule has 3 heteroatoms. The third kappa shape index (κ3) is 3.08. The zero-order chi connectivity index (χ0) is 10.5. The molecular formula is C12H13NS2. The highest BCUT2D eigenvalue weighted by Crippen LogP contribution is 2.26. The molecule has 2 rings (SSSR count). The first-order valence-corrected chi connectivity index (χ1v) is 6.80. The normalized spacial score (nSPS) is 12.6. The lowest BCUT2D eigenvalue weighted by atomic mass is 10.0. The van der Waals surface area contributed by atoms with Crippen LogP contribution in [-0.4, -0.2) is 10.7 Å². The molecule has 1 unspecified atom stereocenters. The van der Waals surface area contributed by atoms with Crippen LogP contribution in [0.15, 0.2) is 46.2 Å². The van der Waals surface area contributed by atoms with Crippen molar-refractivity contribution in [1.29, 1.82) is 0 Å². The molecule has 78 valence electrons. The van der Waals surface area contributed by atoms with E-state index in [2.05, 4.69) is 42.2 Å². The molecule has 1 nitrogen and oxygen atoms in total. The second-order valence-corrected chi connectivity index (χ2v) is 5.58. The van der Waals surface area contributed by atoms with Crippen LogP contribution in [0.5, 0.6) is 0 Å². The van der Waals surface area contributed by atoms with Crippen LogP contribution in [0, 0.1) is 0 Å². The van der Waals surface area contributed by atoms with E-state index in [9.17, 15) is 0 Å². The highest BCUT2D eigenvalue weighted by Gasteiger charge is 2.06. The van der Waals surface area contributed by atoms with Crippen LogP contribution in [0.1, 0.15) is 18.4 Å². The van der Waals surface area contributed by atoms with Crippen LogP contribution in [0.4, 0.5) is 0 Å². The molecule has 0 aliphatic heterocycles. The minimum atomic E-state index is 0.583. The zero-order valence-corrected chi connectivity index (χ0v) is 10.2. The van der Waals surface area contributed by atoms with Crippen LogP contribution in [0.25, 0.3) is 0 Å². The van der Waals surface area contributed by atoms with E-state index in [1.807, 2.05) is 23.3 Å². The summed E-state index contributed by atoms with van der Waals surface area (Å²) in [6.07, 6.45) is 1.86. The Morgan fingerprint density at radius 3 is 2.80 bits per heavy atom. The zero-order valence-electron chi connectivity index (χ0n) is 8.59. The largest absolute Gasteiger partial charge is 0.238 e. The molecule has 15 heavy (non-hydrogen) atoms. The summed E-state index contributed by atoms with van der Waals surface area (Å²) in [5.74, 6) is 1.68. The summed E-state index contributed by atoms with van der Waals surface area (Å²) in [6.45, 7) is 2.26. The van der Waals surface area contributed by atoms with Crippen molar-refractivity contribution >= 4 is 23.1 Å². The Morgan fingerprint density at radius 1 is 1.33 bits per heavy atom. The van der Waals surface area contributed by atoms with Gasteiger partial charge in [0.1, 0.15) is 4.34 Å². The van der Waals surface area contributed by atoms with Crippen molar-refractivity contribution in [1.82, 2.24) is 4.98 Å². The van der Waals surface area contributed by atoms with Gasteiger partial charge in [-0.2, -0.15) is 0 Å². The second kappa shape index (κ2) is 5.33. The summed E-state index contributed by atoms with van der Waals surface area (Å²) in [4.78, 5) is 4.26. The van der Waals surface area contributed by atoms with Gasteiger partial charge in [0.2, 0.25) is 0 Å². The Bertz CT molecular complexity index is 383. The maximum atomic E-state index is 4.26. The molecule has 0 amide bonds. The lowest BCUT2D eigenvalue weighted by Gasteiger charge is -2.09. The predicted octanol–water partition coefficient (Wildman–Crippen LogP) is 4.04. The maximum absolute atomic E-state index is 4.26. The van der Waals surface area contributed by atoms with Crippen molar-refractivity contribution in [2.75, 3.05) is 5.75 Å². The number of rotatable bonds is 4. The molecule has 0 saturated heterocycles. The molecule has 0 bridgehead atoms. The van der Waals surface area contributed by atoms with Gasteiger partial charge >= 0.3 is 0 Å². The summed E-state index contributed by atoms with van der Waals surface area (Å²) >= 11 is 3.55. The van der Waals surface area contributed by atoms with Crippen LogP contribution in [-0.2, 0) is 0 Å². The molecule has 1 aromatic heterocycles. The van der Waals surface area contributed by atoms with Crippen LogP contribution < -0.4 is 0 Å². The van der Waals surface area contributed by atoms with E-state index in [4.69, 9.17) is 0 Å². The molecule has 0 N–H and O–H groups in total. The van der Waals surface area contributed by atoms with Gasteiger partial charge in [-0.3, -0.25) is 0 Å². The molecular weight excluding hydrogens is 222 g/mol. The van der Waals surface area contributed by atoms with Gasteiger partial charge in [-0.1, -0.05) is 49.0 Å². The molecule has 0 spiro atoms. The van der Waals surface area contributed by atoms with Crippen molar-refractivity contribution in [3.63, 3.8) is 0 Å². The third-order valence-electron chi connectivity index (χ3n) is 2.24. The Labute approximate surface area is 98.6 Å². The molecule has 2 aromatic rings.